The third kappa shape index (κ3) is 2.64. The van der Waals surface area contributed by atoms with Crippen LogP contribution in [0.1, 0.15) is 27.0 Å². The molecule has 0 bridgehead atoms. The van der Waals surface area contributed by atoms with Crippen molar-refractivity contribution in [3.8, 4) is 0 Å². The predicted octanol–water partition coefficient (Wildman–Crippen LogP) is 2.56. The van der Waals surface area contributed by atoms with E-state index in [0.717, 1.165) is 22.4 Å². The lowest BCUT2D eigenvalue weighted by Gasteiger charge is -2.12. The summed E-state index contributed by atoms with van der Waals surface area (Å²) in [5.74, 6) is -0.374. The lowest BCUT2D eigenvalue weighted by Crippen LogP contribution is -2.27. The molecule has 104 valence electrons. The molecule has 0 aliphatic carbocycles. The van der Waals surface area contributed by atoms with Crippen molar-refractivity contribution in [1.82, 2.24) is 4.57 Å². The largest absolute Gasteiger partial charge is 0.321 e. The van der Waals surface area contributed by atoms with E-state index < -0.39 is 0 Å². The molecule has 0 atom stereocenters. The van der Waals surface area contributed by atoms with Crippen LogP contribution < -0.4 is 10.9 Å². The summed E-state index contributed by atoms with van der Waals surface area (Å²) < 4.78 is 1.39. The number of carbonyl (C=O) groups is 1. The molecule has 20 heavy (non-hydrogen) atoms. The number of rotatable bonds is 2. The Balaban J connectivity index is 2.38. The Bertz CT molecular complexity index is 706. The molecule has 2 aromatic rings. The van der Waals surface area contributed by atoms with Gasteiger partial charge in [0.05, 0.1) is 0 Å². The third-order valence-electron chi connectivity index (χ3n) is 3.28. The average molecular weight is 270 g/mol. The van der Waals surface area contributed by atoms with E-state index >= 15 is 0 Å². The van der Waals surface area contributed by atoms with Crippen LogP contribution in [0.4, 0.5) is 5.69 Å². The van der Waals surface area contributed by atoms with E-state index in [1.165, 1.54) is 10.6 Å². The van der Waals surface area contributed by atoms with Crippen LogP contribution in [-0.2, 0) is 7.05 Å². The standard InChI is InChI=1S/C16H18N2O2/c1-10-8-11(2)14(12(3)9-10)17-15(19)13-6-5-7-18(4)16(13)20/h5-9H,1-4H3,(H,17,19). The maximum Gasteiger partial charge on any atom is 0.263 e. The zero-order chi connectivity index (χ0) is 14.9. The lowest BCUT2D eigenvalue weighted by atomic mass is 10.0. The quantitative estimate of drug-likeness (QED) is 0.911. The summed E-state index contributed by atoms with van der Waals surface area (Å²) in [6.45, 7) is 5.90. The van der Waals surface area contributed by atoms with Crippen molar-refractivity contribution in [2.75, 3.05) is 5.32 Å². The molecule has 1 heterocycles. The van der Waals surface area contributed by atoms with E-state index in [-0.39, 0.29) is 17.0 Å². The molecule has 0 spiro atoms. The van der Waals surface area contributed by atoms with Crippen LogP contribution in [0.3, 0.4) is 0 Å². The monoisotopic (exact) mass is 270 g/mol. The predicted molar refractivity (Wildman–Crippen MR) is 80.3 cm³/mol. The highest BCUT2D eigenvalue weighted by atomic mass is 16.2. The summed E-state index contributed by atoms with van der Waals surface area (Å²) >= 11 is 0. The number of aromatic nitrogens is 1. The molecule has 0 saturated carbocycles. The van der Waals surface area contributed by atoms with Gasteiger partial charge in [-0.25, -0.2) is 0 Å². The number of nitrogens with zero attached hydrogens (tertiary/aromatic N) is 1. The molecule has 0 radical (unpaired) electrons. The molecule has 4 heteroatoms. The van der Waals surface area contributed by atoms with Gasteiger partial charge in [-0.1, -0.05) is 17.7 Å². The van der Waals surface area contributed by atoms with Gasteiger partial charge in [0.25, 0.3) is 11.5 Å². The highest BCUT2D eigenvalue weighted by Gasteiger charge is 2.13. The SMILES string of the molecule is Cc1cc(C)c(NC(=O)c2cccn(C)c2=O)c(C)c1. The maximum atomic E-state index is 12.3. The van der Waals surface area contributed by atoms with Gasteiger partial charge < -0.3 is 9.88 Å². The van der Waals surface area contributed by atoms with Crippen LogP contribution in [0.5, 0.6) is 0 Å². The van der Waals surface area contributed by atoms with Crippen molar-refractivity contribution in [1.29, 1.82) is 0 Å². The maximum absolute atomic E-state index is 12.3. The van der Waals surface area contributed by atoms with Crippen LogP contribution in [0.15, 0.2) is 35.3 Å². The van der Waals surface area contributed by atoms with E-state index in [9.17, 15) is 9.59 Å². The first kappa shape index (κ1) is 14.1. The van der Waals surface area contributed by atoms with Crippen LogP contribution in [0.25, 0.3) is 0 Å². The van der Waals surface area contributed by atoms with Crippen molar-refractivity contribution in [2.45, 2.75) is 20.8 Å². The van der Waals surface area contributed by atoms with E-state index in [2.05, 4.69) is 5.32 Å². The first-order valence-electron chi connectivity index (χ1n) is 6.45. The molecule has 1 N–H and O–H groups in total. The number of pyridine rings is 1. The van der Waals surface area contributed by atoms with Gasteiger partial charge >= 0.3 is 0 Å². The third-order valence-corrected chi connectivity index (χ3v) is 3.28. The minimum absolute atomic E-state index is 0.148. The van der Waals surface area contributed by atoms with Gasteiger partial charge in [-0.05, 0) is 44.0 Å². The van der Waals surface area contributed by atoms with E-state index in [4.69, 9.17) is 0 Å². The smallest absolute Gasteiger partial charge is 0.263 e. The summed E-state index contributed by atoms with van der Waals surface area (Å²) in [5, 5.41) is 2.84. The topological polar surface area (TPSA) is 51.1 Å². The number of anilines is 1. The fourth-order valence-electron chi connectivity index (χ4n) is 2.33. The second-order valence-electron chi connectivity index (χ2n) is 5.07. The van der Waals surface area contributed by atoms with Crippen LogP contribution in [0, 0.1) is 20.8 Å². The number of amides is 1. The Labute approximate surface area is 118 Å². The number of hydrogen-bond donors (Lipinski definition) is 1. The van der Waals surface area contributed by atoms with Gasteiger partial charge in [-0.2, -0.15) is 0 Å². The molecule has 1 aromatic carbocycles. The Kier molecular flexibility index (Phi) is 3.74. The van der Waals surface area contributed by atoms with E-state index in [1.807, 2.05) is 32.9 Å². The molecular weight excluding hydrogens is 252 g/mol. The Hall–Kier alpha value is -2.36. The van der Waals surface area contributed by atoms with E-state index in [0.29, 0.717) is 0 Å². The van der Waals surface area contributed by atoms with Gasteiger partial charge in [-0.15, -0.1) is 0 Å². The summed E-state index contributed by atoms with van der Waals surface area (Å²) in [4.78, 5) is 24.2. The molecule has 0 aliphatic heterocycles. The van der Waals surface area contributed by atoms with Crippen molar-refractivity contribution in [3.63, 3.8) is 0 Å². The molecule has 0 fully saturated rings. The number of aryl methyl sites for hydroxylation is 4. The van der Waals surface area contributed by atoms with Gasteiger partial charge in [0, 0.05) is 18.9 Å². The van der Waals surface area contributed by atoms with Crippen molar-refractivity contribution < 1.29 is 4.79 Å². The Morgan fingerprint density at radius 2 is 1.75 bits per heavy atom. The summed E-state index contributed by atoms with van der Waals surface area (Å²) in [6.07, 6.45) is 1.63. The lowest BCUT2D eigenvalue weighted by molar-refractivity contribution is 0.102. The normalized spacial score (nSPS) is 10.4. The molecule has 2 rings (SSSR count). The molecule has 4 nitrogen and oxygen atoms in total. The van der Waals surface area contributed by atoms with Crippen LogP contribution in [-0.4, -0.2) is 10.5 Å². The minimum atomic E-state index is -0.374. The highest BCUT2D eigenvalue weighted by molar-refractivity contribution is 6.04. The van der Waals surface area contributed by atoms with Gasteiger partial charge in [-0.3, -0.25) is 9.59 Å². The second kappa shape index (κ2) is 5.33. The van der Waals surface area contributed by atoms with Crippen molar-refractivity contribution in [3.05, 3.63) is 63.1 Å². The fourth-order valence-corrected chi connectivity index (χ4v) is 2.33. The van der Waals surface area contributed by atoms with Gasteiger partial charge in [0.15, 0.2) is 0 Å². The Morgan fingerprint density at radius 1 is 1.15 bits per heavy atom. The highest BCUT2D eigenvalue weighted by Crippen LogP contribution is 2.22. The van der Waals surface area contributed by atoms with Crippen LogP contribution in [0.2, 0.25) is 0 Å². The summed E-state index contributed by atoms with van der Waals surface area (Å²) in [5.41, 5.74) is 3.74. The zero-order valence-electron chi connectivity index (χ0n) is 12.2. The molecule has 1 aromatic heterocycles. The minimum Gasteiger partial charge on any atom is -0.321 e. The fraction of sp³-hybridized carbons (Fsp3) is 0.250. The average Bonchev–Trinajstić information content (AvgIpc) is 2.36. The van der Waals surface area contributed by atoms with Gasteiger partial charge in [0.1, 0.15) is 5.56 Å². The molecule has 0 saturated heterocycles. The summed E-state index contributed by atoms with van der Waals surface area (Å²) in [6, 6.07) is 7.24. The van der Waals surface area contributed by atoms with Crippen LogP contribution >= 0.6 is 0 Å². The zero-order valence-corrected chi connectivity index (χ0v) is 12.2. The van der Waals surface area contributed by atoms with Crippen molar-refractivity contribution >= 4 is 11.6 Å². The van der Waals surface area contributed by atoms with Crippen molar-refractivity contribution in [2.24, 2.45) is 7.05 Å². The second-order valence-corrected chi connectivity index (χ2v) is 5.07. The number of hydrogen-bond acceptors (Lipinski definition) is 2. The number of nitrogens with one attached hydrogen (secondary N) is 1. The van der Waals surface area contributed by atoms with E-state index in [1.54, 1.807) is 19.3 Å². The number of carbonyl (C=O) groups excluding carboxylic acids is 1. The first-order chi connectivity index (χ1) is 9.40. The Morgan fingerprint density at radius 3 is 2.35 bits per heavy atom. The number of benzene rings is 1. The molecule has 0 unspecified atom stereocenters. The first-order valence-corrected chi connectivity index (χ1v) is 6.45. The molecule has 1 amide bonds. The molecule has 0 aliphatic rings. The summed E-state index contributed by atoms with van der Waals surface area (Å²) in [7, 11) is 1.63. The molecular formula is C16H18N2O2. The van der Waals surface area contributed by atoms with Gasteiger partial charge in [0.2, 0.25) is 0 Å².